The molecule has 2 rings (SSSR count). The molecule has 0 fully saturated rings. The molecule has 0 bridgehead atoms. The van der Waals surface area contributed by atoms with Crippen LogP contribution in [0.3, 0.4) is 0 Å². The van der Waals surface area contributed by atoms with Crippen LogP contribution in [0.25, 0.3) is 6.08 Å². The largest absolute Gasteiger partial charge is 0.387 e. The van der Waals surface area contributed by atoms with Crippen LogP contribution in [0.4, 0.5) is 5.69 Å². The summed E-state index contributed by atoms with van der Waals surface area (Å²) in [6.45, 7) is 0.977. The number of hydrogen-bond donors (Lipinski definition) is 2. The monoisotopic (exact) mass is 304 g/mol. The quantitative estimate of drug-likeness (QED) is 0.468. The summed E-state index contributed by atoms with van der Waals surface area (Å²) in [5.74, 6) is 0. The zero-order chi connectivity index (χ0) is 15.1. The molecule has 1 aromatic carbocycles. The molecule has 0 amide bonds. The Morgan fingerprint density at radius 2 is 2.19 bits per heavy atom. The van der Waals surface area contributed by atoms with Crippen LogP contribution in [0.2, 0.25) is 0 Å². The van der Waals surface area contributed by atoms with Crippen LogP contribution in [-0.2, 0) is 0 Å². The van der Waals surface area contributed by atoms with E-state index in [9.17, 15) is 15.2 Å². The highest BCUT2D eigenvalue weighted by Crippen LogP contribution is 2.18. The van der Waals surface area contributed by atoms with Gasteiger partial charge < -0.3 is 10.4 Å². The normalized spacial score (nSPS) is 12.6. The first kappa shape index (κ1) is 15.4. The van der Waals surface area contributed by atoms with Crippen molar-refractivity contribution in [3.63, 3.8) is 0 Å². The maximum absolute atomic E-state index is 10.9. The fourth-order valence-electron chi connectivity index (χ4n) is 1.87. The smallest absolute Gasteiger partial charge is 0.276 e. The number of para-hydroxylation sites is 1. The van der Waals surface area contributed by atoms with Crippen molar-refractivity contribution < 1.29 is 10.0 Å². The Kier molecular flexibility index (Phi) is 5.62. The lowest BCUT2D eigenvalue weighted by Crippen LogP contribution is -2.21. The van der Waals surface area contributed by atoms with Gasteiger partial charge in [-0.1, -0.05) is 24.3 Å². The van der Waals surface area contributed by atoms with E-state index in [1.54, 1.807) is 35.6 Å². The molecule has 0 saturated carbocycles. The topological polar surface area (TPSA) is 75.4 Å². The predicted molar refractivity (Wildman–Crippen MR) is 84.3 cm³/mol. The highest BCUT2D eigenvalue weighted by molar-refractivity contribution is 7.07. The molecule has 0 aliphatic rings. The van der Waals surface area contributed by atoms with Gasteiger partial charge in [0.25, 0.3) is 5.69 Å². The van der Waals surface area contributed by atoms with Crippen molar-refractivity contribution in [3.05, 3.63) is 68.4 Å². The van der Waals surface area contributed by atoms with Crippen LogP contribution >= 0.6 is 11.3 Å². The molecular formula is C15H16N2O3S. The van der Waals surface area contributed by atoms with E-state index in [0.717, 1.165) is 5.56 Å². The summed E-state index contributed by atoms with van der Waals surface area (Å²) >= 11 is 1.55. The molecule has 1 aromatic heterocycles. The van der Waals surface area contributed by atoms with Gasteiger partial charge in [-0.25, -0.2) is 0 Å². The Morgan fingerprint density at radius 3 is 2.90 bits per heavy atom. The molecule has 0 saturated heterocycles. The third-order valence-corrected chi connectivity index (χ3v) is 3.66. The van der Waals surface area contributed by atoms with E-state index in [1.165, 1.54) is 6.07 Å². The zero-order valence-electron chi connectivity index (χ0n) is 11.3. The average molecular weight is 304 g/mol. The fourth-order valence-corrected chi connectivity index (χ4v) is 2.57. The molecule has 1 atom stereocenters. The summed E-state index contributed by atoms with van der Waals surface area (Å²) in [6, 6.07) is 8.48. The molecule has 5 nitrogen and oxygen atoms in total. The number of nitrogens with one attached hydrogen (secondary N) is 1. The SMILES string of the molecule is O=[N+]([O-])c1ccccc1/C=C/CNCC(O)c1ccsc1. The van der Waals surface area contributed by atoms with Gasteiger partial charge in [0, 0.05) is 19.2 Å². The number of nitro benzene ring substituents is 1. The van der Waals surface area contributed by atoms with Crippen LogP contribution in [0.1, 0.15) is 17.2 Å². The van der Waals surface area contributed by atoms with E-state index >= 15 is 0 Å². The molecule has 6 heteroatoms. The minimum atomic E-state index is -0.532. The number of nitrogens with zero attached hydrogens (tertiary/aromatic N) is 1. The van der Waals surface area contributed by atoms with E-state index in [-0.39, 0.29) is 5.69 Å². The predicted octanol–water partition coefficient (Wildman–Crippen LogP) is 2.99. The van der Waals surface area contributed by atoms with Gasteiger partial charge >= 0.3 is 0 Å². The summed E-state index contributed by atoms with van der Waals surface area (Å²) in [7, 11) is 0. The van der Waals surface area contributed by atoms with E-state index in [4.69, 9.17) is 0 Å². The summed E-state index contributed by atoms with van der Waals surface area (Å²) in [4.78, 5) is 10.5. The van der Waals surface area contributed by atoms with Gasteiger partial charge in [0.2, 0.25) is 0 Å². The fraction of sp³-hybridized carbons (Fsp3) is 0.200. The highest BCUT2D eigenvalue weighted by atomic mass is 32.1. The Hall–Kier alpha value is -2.02. The minimum absolute atomic E-state index is 0.0899. The standard InChI is InChI=1S/C15H16N2O3S/c18-15(13-7-9-21-11-13)10-16-8-3-5-12-4-1-2-6-14(12)17(19)20/h1-7,9,11,15-16,18H,8,10H2/b5-3+. The van der Waals surface area contributed by atoms with E-state index < -0.39 is 11.0 Å². The van der Waals surface area contributed by atoms with E-state index in [2.05, 4.69) is 5.32 Å². The second-order valence-electron chi connectivity index (χ2n) is 4.45. The van der Waals surface area contributed by atoms with Gasteiger partial charge in [-0.2, -0.15) is 11.3 Å². The van der Waals surface area contributed by atoms with Crippen molar-refractivity contribution in [2.45, 2.75) is 6.10 Å². The van der Waals surface area contributed by atoms with Gasteiger partial charge in [0.05, 0.1) is 16.6 Å². The second-order valence-corrected chi connectivity index (χ2v) is 5.23. The maximum Gasteiger partial charge on any atom is 0.276 e. The van der Waals surface area contributed by atoms with Crippen LogP contribution in [0.15, 0.2) is 47.2 Å². The van der Waals surface area contributed by atoms with Crippen LogP contribution < -0.4 is 5.32 Å². The van der Waals surface area contributed by atoms with Crippen molar-refractivity contribution in [2.24, 2.45) is 0 Å². The summed E-state index contributed by atoms with van der Waals surface area (Å²) < 4.78 is 0. The van der Waals surface area contributed by atoms with Crippen molar-refractivity contribution >= 4 is 23.1 Å². The number of aliphatic hydroxyl groups excluding tert-OH is 1. The molecule has 1 unspecified atom stereocenters. The lowest BCUT2D eigenvalue weighted by molar-refractivity contribution is -0.385. The van der Waals surface area contributed by atoms with Gasteiger partial charge in [-0.3, -0.25) is 10.1 Å². The summed E-state index contributed by atoms with van der Waals surface area (Å²) in [5.41, 5.74) is 1.56. The minimum Gasteiger partial charge on any atom is -0.387 e. The molecule has 2 N–H and O–H groups in total. The second kappa shape index (κ2) is 7.68. The average Bonchev–Trinajstić information content (AvgIpc) is 3.01. The molecule has 110 valence electrons. The first-order valence-electron chi connectivity index (χ1n) is 6.49. The third-order valence-electron chi connectivity index (χ3n) is 2.96. The first-order valence-corrected chi connectivity index (χ1v) is 7.43. The van der Waals surface area contributed by atoms with E-state index in [0.29, 0.717) is 18.7 Å². The maximum atomic E-state index is 10.9. The van der Waals surface area contributed by atoms with Crippen molar-refractivity contribution in [3.8, 4) is 0 Å². The summed E-state index contributed by atoms with van der Waals surface area (Å²) in [6.07, 6.45) is 2.99. The molecule has 21 heavy (non-hydrogen) atoms. The number of benzene rings is 1. The first-order chi connectivity index (χ1) is 10.2. The highest BCUT2D eigenvalue weighted by Gasteiger charge is 2.09. The van der Waals surface area contributed by atoms with Crippen molar-refractivity contribution in [1.82, 2.24) is 5.32 Å². The van der Waals surface area contributed by atoms with Gasteiger partial charge in [0.15, 0.2) is 0 Å². The Labute approximate surface area is 126 Å². The Balaban J connectivity index is 1.82. The molecule has 0 radical (unpaired) electrons. The van der Waals surface area contributed by atoms with Crippen LogP contribution in [0.5, 0.6) is 0 Å². The third kappa shape index (κ3) is 4.49. The molecule has 0 aliphatic carbocycles. The van der Waals surface area contributed by atoms with E-state index in [1.807, 2.05) is 22.9 Å². The number of nitro groups is 1. The zero-order valence-corrected chi connectivity index (χ0v) is 12.1. The van der Waals surface area contributed by atoms with Gasteiger partial charge in [-0.05, 0) is 28.5 Å². The molecule has 0 aliphatic heterocycles. The number of rotatable bonds is 7. The number of thiophene rings is 1. The molecule has 2 aromatic rings. The van der Waals surface area contributed by atoms with Gasteiger partial charge in [-0.15, -0.1) is 0 Å². The molecule has 1 heterocycles. The van der Waals surface area contributed by atoms with Crippen molar-refractivity contribution in [1.29, 1.82) is 0 Å². The van der Waals surface area contributed by atoms with Crippen LogP contribution in [-0.4, -0.2) is 23.1 Å². The lowest BCUT2D eigenvalue weighted by Gasteiger charge is -2.08. The lowest BCUT2D eigenvalue weighted by atomic mass is 10.1. The Morgan fingerprint density at radius 1 is 1.38 bits per heavy atom. The van der Waals surface area contributed by atoms with Crippen LogP contribution in [0, 0.1) is 10.1 Å². The number of aliphatic hydroxyl groups is 1. The summed E-state index contributed by atoms with van der Waals surface area (Å²) in [5, 5.41) is 27.7. The molecular weight excluding hydrogens is 288 g/mol. The Bertz CT molecular complexity index is 611. The molecule has 0 spiro atoms. The van der Waals surface area contributed by atoms with Gasteiger partial charge in [0.1, 0.15) is 0 Å². The van der Waals surface area contributed by atoms with Crippen molar-refractivity contribution in [2.75, 3.05) is 13.1 Å². The number of hydrogen-bond acceptors (Lipinski definition) is 5.